The average molecular weight is 1940 g/mol. The number of benzene rings is 5. The number of H-pyrrole nitrogens is 2. The molecule has 8 N–H and O–H groups in total. The average Bonchev–Trinajstić information content (AvgIpc) is 1.60. The summed E-state index contributed by atoms with van der Waals surface area (Å²) in [6, 6.07) is 33.5. The van der Waals surface area contributed by atoms with E-state index in [9.17, 15) is 67.1 Å². The minimum Gasteiger partial charge on any atom is -0.481 e. The van der Waals surface area contributed by atoms with Gasteiger partial charge < -0.3 is 65.6 Å². The fourth-order valence-electron chi connectivity index (χ4n) is 17.7. The molecule has 138 heavy (non-hydrogen) atoms. The van der Waals surface area contributed by atoms with Crippen molar-refractivity contribution in [3.05, 3.63) is 189 Å². The second-order valence-corrected chi connectivity index (χ2v) is 35.2. The third-order valence-electron chi connectivity index (χ3n) is 25.4. The second-order valence-electron chi connectivity index (χ2n) is 34.4. The lowest BCUT2D eigenvalue weighted by Gasteiger charge is -2.47. The van der Waals surface area contributed by atoms with Gasteiger partial charge in [0.25, 0.3) is 18.0 Å². The Morgan fingerprint density at radius 1 is 0.507 bits per heavy atom. The molecule has 9 heterocycles. The van der Waals surface area contributed by atoms with Crippen molar-refractivity contribution in [2.24, 2.45) is 29.6 Å². The van der Waals surface area contributed by atoms with Crippen LogP contribution in [0.15, 0.2) is 140 Å². The number of hydrogen-bond donors (Lipinski definition) is 8. The minimum atomic E-state index is -0.990. The number of anilines is 3. The SMILES string of the molecule is C.C.C.C.C.C.C.O=C(O)CC1CC(=O)C1.O=C1CC(C(=O)O)C1.O=C1CC(CC(=O)N2CCC(Nc3ncnc4[nH]cc(C(=O)c5ccc(Oc6ccccc6)cc5Cl)c34)CC2)C1.O=C1CCC(N2C(=O)c3ccc(N4CCN(C5CC(CC(=O)N6CCC(Nc7ncnc8[nH]cc(C(=O)c9ccc(Oc%10ccccc%10)cc9Cl)c78)CC6)C5)CC4)cc3C2=O)C(=O)N1.[N-]=[N+]=CC(O)C1CC(=O)C1. The predicted molar refractivity (Wildman–Crippen MR) is 523 cm³/mol. The molecule has 6 amide bonds. The molecule has 4 saturated heterocycles. The Morgan fingerprint density at radius 3 is 1.38 bits per heavy atom. The van der Waals surface area contributed by atoms with Crippen molar-refractivity contribution in [3.8, 4) is 23.0 Å². The number of para-hydroxylation sites is 2. The zero-order valence-electron chi connectivity index (χ0n) is 71.3. The first-order chi connectivity index (χ1) is 63.1. The van der Waals surface area contributed by atoms with Gasteiger partial charge in [0.05, 0.1) is 49.0 Å². The monoisotopic (exact) mass is 1930 g/mol. The van der Waals surface area contributed by atoms with Gasteiger partial charge in [0.2, 0.25) is 23.6 Å². The molecule has 5 saturated carbocycles. The van der Waals surface area contributed by atoms with Crippen LogP contribution < -0.4 is 30.3 Å². The number of carboxylic acids is 2. The number of piperidine rings is 3. The minimum absolute atomic E-state index is 0. The molecule has 35 nitrogen and oxygen atoms in total. The van der Waals surface area contributed by atoms with Crippen molar-refractivity contribution in [3.63, 3.8) is 0 Å². The van der Waals surface area contributed by atoms with Crippen molar-refractivity contribution in [1.82, 2.24) is 54.8 Å². The lowest BCUT2D eigenvalue weighted by Crippen LogP contribution is -2.54. The van der Waals surface area contributed by atoms with Crippen molar-refractivity contribution < 1.29 is 96.7 Å². The van der Waals surface area contributed by atoms with Crippen LogP contribution in [0.1, 0.15) is 227 Å². The number of imide groups is 2. The number of aromatic amines is 2. The summed E-state index contributed by atoms with van der Waals surface area (Å²) >= 11 is 13.2. The van der Waals surface area contributed by atoms with Crippen LogP contribution in [-0.2, 0) is 47.9 Å². The summed E-state index contributed by atoms with van der Waals surface area (Å²) in [6.45, 7) is 5.75. The van der Waals surface area contributed by atoms with Crippen molar-refractivity contribution in [2.45, 2.75) is 204 Å². The van der Waals surface area contributed by atoms with Crippen LogP contribution in [-0.4, -0.2) is 241 Å². The zero-order chi connectivity index (χ0) is 92.3. The van der Waals surface area contributed by atoms with E-state index in [1.165, 1.54) is 12.7 Å². The molecule has 2 atom stereocenters. The van der Waals surface area contributed by atoms with E-state index in [-0.39, 0.29) is 188 Å². The Balaban J connectivity index is 0.000000267. The molecule has 4 aromatic heterocycles. The number of halogens is 2. The summed E-state index contributed by atoms with van der Waals surface area (Å²) < 4.78 is 11.7. The van der Waals surface area contributed by atoms with E-state index < -0.39 is 47.7 Å². The molecular formula is C101H124Cl2N16O19. The predicted octanol–water partition coefficient (Wildman–Crippen LogP) is 15.4. The van der Waals surface area contributed by atoms with Gasteiger partial charge in [-0.3, -0.25) is 82.2 Å². The Hall–Kier alpha value is -13.6. The zero-order valence-corrected chi connectivity index (χ0v) is 72.8. The molecule has 0 bridgehead atoms. The van der Waals surface area contributed by atoms with Crippen LogP contribution in [0.25, 0.3) is 27.6 Å². The number of aromatic nitrogens is 6. The molecule has 2 unspecified atom stereocenters. The summed E-state index contributed by atoms with van der Waals surface area (Å²) in [5, 5.41) is 36.4. The molecule has 0 radical (unpaired) electrons. The number of carboxylic acid groups (broad SMARTS) is 2. The molecule has 736 valence electrons. The van der Waals surface area contributed by atoms with Crippen molar-refractivity contribution >= 4 is 151 Å². The van der Waals surface area contributed by atoms with E-state index in [4.69, 9.17) is 53.5 Å². The fourth-order valence-corrected chi connectivity index (χ4v) is 18.2. The highest BCUT2D eigenvalue weighted by Crippen LogP contribution is 2.40. The third-order valence-corrected chi connectivity index (χ3v) is 26.0. The van der Waals surface area contributed by atoms with Gasteiger partial charge in [0.15, 0.2) is 17.7 Å². The smallest absolute Gasteiger partial charge is 0.307 e. The van der Waals surface area contributed by atoms with Crippen LogP contribution in [0, 0.1) is 29.6 Å². The molecule has 9 aromatic rings. The maximum atomic E-state index is 13.9. The Morgan fingerprint density at radius 2 is 0.957 bits per heavy atom. The topological polar surface area (TPSA) is 490 Å². The van der Waals surface area contributed by atoms with Crippen molar-refractivity contribution in [2.75, 3.05) is 67.9 Å². The number of ether oxygens (including phenoxy) is 2. The fraction of sp³-hybridized carbons (Fsp3) is 0.436. The number of Topliss-reactive ketones (excluding diaryl/α,β-unsaturated/α-hetero) is 4. The second kappa shape index (κ2) is 49.4. The molecular weight excluding hydrogens is 1810 g/mol. The molecule has 19 rings (SSSR count). The molecule has 10 aliphatic rings. The number of aliphatic carboxylic acids is 2. The van der Waals surface area contributed by atoms with Gasteiger partial charge in [0.1, 0.15) is 87.8 Å². The summed E-state index contributed by atoms with van der Waals surface area (Å²) in [7, 11) is 0. The Labute approximate surface area is 811 Å². The number of carbonyl (C=O) groups excluding carboxylic acids is 12. The highest BCUT2D eigenvalue weighted by atomic mass is 35.5. The molecule has 5 aliphatic heterocycles. The number of likely N-dealkylation sites (tertiary alicyclic amines) is 2. The molecule has 5 aromatic carbocycles. The van der Waals surface area contributed by atoms with Gasteiger partial charge in [-0.25, -0.2) is 19.9 Å². The number of aliphatic hydroxyl groups is 1. The molecule has 9 fully saturated rings. The lowest BCUT2D eigenvalue weighted by molar-refractivity contribution is -0.150. The summed E-state index contributed by atoms with van der Waals surface area (Å²) in [5.74, 6) is 0.573. The number of ketones is 6. The Bertz CT molecular complexity index is 5950. The van der Waals surface area contributed by atoms with Crippen LogP contribution >= 0.6 is 23.2 Å². The summed E-state index contributed by atoms with van der Waals surface area (Å²) in [6.07, 6.45) is 16.1. The number of nitrogens with zero attached hydrogens (tertiary/aromatic N) is 11. The highest BCUT2D eigenvalue weighted by Gasteiger charge is 2.46. The van der Waals surface area contributed by atoms with Crippen molar-refractivity contribution in [1.29, 1.82) is 0 Å². The van der Waals surface area contributed by atoms with Gasteiger partial charge in [-0.05, 0) is 129 Å². The number of piperazine rings is 1. The summed E-state index contributed by atoms with van der Waals surface area (Å²) in [4.78, 5) is 202. The molecule has 5 aliphatic carbocycles. The first-order valence-electron chi connectivity index (χ1n) is 43.7. The largest absolute Gasteiger partial charge is 0.481 e. The summed E-state index contributed by atoms with van der Waals surface area (Å²) in [5.41, 5.74) is 12.0. The van der Waals surface area contributed by atoms with Gasteiger partial charge in [-0.2, -0.15) is 4.79 Å². The van der Waals surface area contributed by atoms with E-state index in [0.29, 0.717) is 168 Å². The number of rotatable bonds is 24. The van der Waals surface area contributed by atoms with Crippen LogP contribution in [0.4, 0.5) is 17.3 Å². The lowest BCUT2D eigenvalue weighted by atomic mass is 9.76. The van der Waals surface area contributed by atoms with E-state index in [2.05, 4.69) is 60.4 Å². The molecule has 0 spiro atoms. The first-order valence-corrected chi connectivity index (χ1v) is 44.5. The van der Waals surface area contributed by atoms with Gasteiger partial charge >= 0.3 is 11.9 Å². The molecule has 37 heteroatoms. The standard InChI is InChI=1S/C47H46ClN9O7.C30H28ClN5O4.C6H8N2O2.C6H8O3.C5H6O3.7CH4/c48-37-24-32(64-31-4-2-1-3-5-31)7-9-34(37)42(60)36-25-49-43-41(36)44(51-26-50-43)52-28-12-14-56(15-13-28)40(59)22-27-20-30(21-27)55-18-16-54(17-19-55)29-6-8-33-35(23-29)47(63)57(46(33)62)38-10-11-39(58)53-45(38)61;31-25-15-22(40-21-4-2-1-3-5-21)6-7-23(25)28(39)24-16-32-29-27(24)30(34-17-33-29)35-19-8-10-36(11-9-19)26(38)14-18-12-20(37)13-18;7-8-3-6(10)4-1-5(9)2-4;7-5-1-4(2-5)3-6(8)9;6-4-1-3(2-4)5(7)8;;;;;;;/h1-9,23-28,30,38H,10-22H2,(H,53,58,61)(H2,49,50,51,52);1-7,15-19H,8-14H2,(H2,32,33,34,35);3-4,6,10H,1-2H2;4H,1-3H2,(H,8,9);3H,1-2H2,(H,7,8);7*1H4. The van der Waals surface area contributed by atoms with E-state index in [1.807, 2.05) is 76.5 Å². The number of hydrogen-bond acceptors (Lipinski definition) is 25. The van der Waals surface area contributed by atoms with E-state index in [1.54, 1.807) is 60.9 Å². The highest BCUT2D eigenvalue weighted by molar-refractivity contribution is 6.36. The van der Waals surface area contributed by atoms with Gasteiger partial charge in [0, 0.05) is 195 Å². The number of aliphatic hydroxyl groups excluding tert-OH is 1. The number of amides is 6. The van der Waals surface area contributed by atoms with Gasteiger partial charge in [-0.1, -0.05) is 112 Å². The van der Waals surface area contributed by atoms with Gasteiger partial charge in [-0.15, -0.1) is 0 Å². The number of fused-ring (bicyclic) bond motifs is 3. The Kier molecular flexibility index (Phi) is 39.3. The normalized spacial score (nSPS) is 18.7. The maximum absolute atomic E-state index is 13.9. The van der Waals surface area contributed by atoms with E-state index >= 15 is 0 Å². The van der Waals surface area contributed by atoms with Crippen LogP contribution in [0.5, 0.6) is 23.0 Å². The quantitative estimate of drug-likeness (QED) is 0.00915. The van der Waals surface area contributed by atoms with Crippen LogP contribution in [0.3, 0.4) is 0 Å². The maximum Gasteiger partial charge on any atom is 0.307 e. The van der Waals surface area contributed by atoms with Crippen LogP contribution in [0.2, 0.25) is 10.0 Å². The number of carbonyl (C=O) groups is 14. The first kappa shape index (κ1) is 110. The van der Waals surface area contributed by atoms with E-state index in [0.717, 1.165) is 81.5 Å². The number of nitrogens with one attached hydrogen (secondary N) is 5. The third kappa shape index (κ3) is 26.4.